The molecular formula is C8H5BrFNO. The lowest BCUT2D eigenvalue weighted by atomic mass is 10.1. The van der Waals surface area contributed by atoms with Gasteiger partial charge in [-0.25, -0.2) is 4.39 Å². The normalized spacial score (nSPS) is 9.42. The van der Waals surface area contributed by atoms with Gasteiger partial charge in [0.25, 0.3) is 0 Å². The number of phenols is 1. The Hall–Kier alpha value is -1.08. The summed E-state index contributed by atoms with van der Waals surface area (Å²) >= 11 is 2.95. The molecule has 0 spiro atoms. The number of phenolic OH excluding ortho intramolecular Hbond substituents is 1. The van der Waals surface area contributed by atoms with E-state index < -0.39 is 5.82 Å². The maximum Gasteiger partial charge on any atom is 0.137 e. The topological polar surface area (TPSA) is 44.0 Å². The maximum atomic E-state index is 12.8. The molecule has 1 aromatic carbocycles. The van der Waals surface area contributed by atoms with E-state index in [4.69, 9.17) is 5.26 Å². The quantitative estimate of drug-likeness (QED) is 0.804. The lowest BCUT2D eigenvalue weighted by Gasteiger charge is -2.03. The van der Waals surface area contributed by atoms with Crippen LogP contribution in [0.5, 0.6) is 5.75 Å². The number of benzene rings is 1. The largest absolute Gasteiger partial charge is 0.508 e. The van der Waals surface area contributed by atoms with Gasteiger partial charge in [0.15, 0.2) is 0 Å². The molecule has 1 N–H and O–H groups in total. The van der Waals surface area contributed by atoms with Crippen LogP contribution in [0.25, 0.3) is 0 Å². The van der Waals surface area contributed by atoms with Crippen molar-refractivity contribution in [2.45, 2.75) is 6.42 Å². The summed E-state index contributed by atoms with van der Waals surface area (Å²) in [5.74, 6) is -0.539. The van der Waals surface area contributed by atoms with Crippen LogP contribution in [-0.2, 0) is 6.42 Å². The van der Waals surface area contributed by atoms with E-state index in [-0.39, 0.29) is 22.2 Å². The first kappa shape index (κ1) is 9.01. The van der Waals surface area contributed by atoms with Crippen molar-refractivity contribution in [3.63, 3.8) is 0 Å². The van der Waals surface area contributed by atoms with E-state index >= 15 is 0 Å². The van der Waals surface area contributed by atoms with Crippen LogP contribution in [0.4, 0.5) is 4.39 Å². The summed E-state index contributed by atoms with van der Waals surface area (Å²) in [6, 6.07) is 4.20. The smallest absolute Gasteiger partial charge is 0.137 e. The van der Waals surface area contributed by atoms with Crippen LogP contribution in [0.3, 0.4) is 0 Å². The minimum absolute atomic E-state index is 0.00975. The van der Waals surface area contributed by atoms with Crippen molar-refractivity contribution >= 4 is 15.9 Å². The molecule has 0 saturated heterocycles. The monoisotopic (exact) mass is 229 g/mol. The number of rotatable bonds is 1. The lowest BCUT2D eigenvalue weighted by molar-refractivity contribution is 0.466. The van der Waals surface area contributed by atoms with E-state index in [1.807, 2.05) is 6.07 Å². The van der Waals surface area contributed by atoms with Gasteiger partial charge in [0.05, 0.1) is 17.0 Å². The zero-order chi connectivity index (χ0) is 9.14. The average Bonchev–Trinajstić information content (AvgIpc) is 2.06. The van der Waals surface area contributed by atoms with E-state index in [1.54, 1.807) is 0 Å². The Morgan fingerprint density at radius 2 is 2.25 bits per heavy atom. The van der Waals surface area contributed by atoms with Gasteiger partial charge in [0.1, 0.15) is 11.6 Å². The highest BCUT2D eigenvalue weighted by atomic mass is 79.9. The van der Waals surface area contributed by atoms with E-state index in [9.17, 15) is 9.50 Å². The van der Waals surface area contributed by atoms with Crippen molar-refractivity contribution in [1.29, 1.82) is 5.26 Å². The molecule has 1 aromatic rings. The highest BCUT2D eigenvalue weighted by molar-refractivity contribution is 9.10. The summed E-state index contributed by atoms with van der Waals surface area (Å²) in [6.45, 7) is 0. The summed E-state index contributed by atoms with van der Waals surface area (Å²) < 4.78 is 13.0. The molecule has 12 heavy (non-hydrogen) atoms. The third-order valence-electron chi connectivity index (χ3n) is 1.43. The molecule has 4 heteroatoms. The van der Waals surface area contributed by atoms with E-state index in [2.05, 4.69) is 15.9 Å². The lowest BCUT2D eigenvalue weighted by Crippen LogP contribution is -1.88. The predicted octanol–water partition coefficient (Wildman–Crippen LogP) is 2.36. The van der Waals surface area contributed by atoms with Crippen LogP contribution in [0.2, 0.25) is 0 Å². The second-order valence-electron chi connectivity index (χ2n) is 2.19. The van der Waals surface area contributed by atoms with Gasteiger partial charge in [-0.1, -0.05) is 0 Å². The Labute approximate surface area is 77.4 Å². The molecule has 0 aliphatic carbocycles. The molecule has 1 rings (SSSR count). The Bertz CT molecular complexity index is 346. The summed E-state index contributed by atoms with van der Waals surface area (Å²) in [4.78, 5) is 0. The van der Waals surface area contributed by atoms with Crippen molar-refractivity contribution in [3.05, 3.63) is 28.0 Å². The van der Waals surface area contributed by atoms with Crippen LogP contribution in [-0.4, -0.2) is 5.11 Å². The van der Waals surface area contributed by atoms with Crippen molar-refractivity contribution in [2.75, 3.05) is 0 Å². The van der Waals surface area contributed by atoms with Crippen LogP contribution in [0.15, 0.2) is 16.6 Å². The van der Waals surface area contributed by atoms with Gasteiger partial charge in [0, 0.05) is 5.56 Å². The molecule has 0 aliphatic heterocycles. The number of aromatic hydroxyl groups is 1. The van der Waals surface area contributed by atoms with Gasteiger partial charge in [-0.05, 0) is 28.1 Å². The zero-order valence-corrected chi connectivity index (χ0v) is 7.60. The first-order valence-electron chi connectivity index (χ1n) is 3.19. The molecule has 2 nitrogen and oxygen atoms in total. The van der Waals surface area contributed by atoms with Crippen LogP contribution in [0.1, 0.15) is 5.56 Å². The molecule has 0 fully saturated rings. The second kappa shape index (κ2) is 3.55. The molecular weight excluding hydrogens is 225 g/mol. The standard InChI is InChI=1S/C8H5BrFNO/c9-8-5(3-4-11)7(12)2-1-6(8)10/h1-2,12H,3H2. The summed E-state index contributed by atoms with van der Waals surface area (Å²) in [5, 5.41) is 17.6. The van der Waals surface area contributed by atoms with Gasteiger partial charge in [-0.3, -0.25) is 0 Å². The van der Waals surface area contributed by atoms with Crippen molar-refractivity contribution in [2.24, 2.45) is 0 Å². The fourth-order valence-electron chi connectivity index (χ4n) is 0.830. The summed E-state index contributed by atoms with van der Waals surface area (Å²) in [5.41, 5.74) is 0.289. The minimum atomic E-state index is -0.474. The van der Waals surface area contributed by atoms with E-state index in [0.717, 1.165) is 6.07 Å². The van der Waals surface area contributed by atoms with Crippen LogP contribution in [0, 0.1) is 17.1 Å². The zero-order valence-electron chi connectivity index (χ0n) is 6.01. The van der Waals surface area contributed by atoms with Gasteiger partial charge >= 0.3 is 0 Å². The molecule has 0 atom stereocenters. The molecule has 0 unspecified atom stereocenters. The molecule has 0 saturated carbocycles. The molecule has 0 aromatic heterocycles. The fourth-order valence-corrected chi connectivity index (χ4v) is 1.31. The third-order valence-corrected chi connectivity index (χ3v) is 2.28. The number of hydrogen-bond acceptors (Lipinski definition) is 2. The first-order chi connectivity index (χ1) is 5.66. The minimum Gasteiger partial charge on any atom is -0.508 e. The SMILES string of the molecule is N#CCc1c(O)ccc(F)c1Br. The van der Waals surface area contributed by atoms with E-state index in [0.29, 0.717) is 0 Å². The molecule has 0 bridgehead atoms. The number of halogens is 2. The Kier molecular flexibility index (Phi) is 2.66. The van der Waals surface area contributed by atoms with Gasteiger partial charge in [0.2, 0.25) is 0 Å². The second-order valence-corrected chi connectivity index (χ2v) is 2.99. The highest BCUT2D eigenvalue weighted by Crippen LogP contribution is 2.28. The molecule has 0 amide bonds. The Balaban J connectivity index is 3.25. The Morgan fingerprint density at radius 1 is 1.58 bits per heavy atom. The predicted molar refractivity (Wildman–Crippen MR) is 45.1 cm³/mol. The fraction of sp³-hybridized carbons (Fsp3) is 0.125. The highest BCUT2D eigenvalue weighted by Gasteiger charge is 2.09. The molecule has 0 heterocycles. The van der Waals surface area contributed by atoms with Crippen molar-refractivity contribution < 1.29 is 9.50 Å². The van der Waals surface area contributed by atoms with Gasteiger partial charge in [-0.15, -0.1) is 0 Å². The third kappa shape index (κ3) is 1.56. The maximum absolute atomic E-state index is 12.8. The Morgan fingerprint density at radius 3 is 2.83 bits per heavy atom. The number of hydrogen-bond donors (Lipinski definition) is 1. The van der Waals surface area contributed by atoms with Gasteiger partial charge < -0.3 is 5.11 Å². The average molecular weight is 230 g/mol. The number of nitrogens with zero attached hydrogens (tertiary/aromatic N) is 1. The van der Waals surface area contributed by atoms with Crippen molar-refractivity contribution in [1.82, 2.24) is 0 Å². The molecule has 62 valence electrons. The first-order valence-corrected chi connectivity index (χ1v) is 3.99. The molecule has 0 radical (unpaired) electrons. The van der Waals surface area contributed by atoms with Crippen molar-refractivity contribution in [3.8, 4) is 11.8 Å². The number of nitriles is 1. The summed E-state index contributed by atoms with van der Waals surface area (Å²) in [6.07, 6.45) is -0.00975. The van der Waals surface area contributed by atoms with Crippen LogP contribution < -0.4 is 0 Å². The summed E-state index contributed by atoms with van der Waals surface area (Å²) in [7, 11) is 0. The molecule has 0 aliphatic rings. The van der Waals surface area contributed by atoms with Gasteiger partial charge in [-0.2, -0.15) is 5.26 Å². The van der Waals surface area contributed by atoms with E-state index in [1.165, 1.54) is 6.07 Å². The van der Waals surface area contributed by atoms with Crippen LogP contribution >= 0.6 is 15.9 Å².